The van der Waals surface area contributed by atoms with Crippen molar-refractivity contribution in [3.05, 3.63) is 54.1 Å². The normalized spacial score (nSPS) is 11.2. The van der Waals surface area contributed by atoms with E-state index in [1.807, 2.05) is 12.1 Å². The maximum absolute atomic E-state index is 5.90. The molecular weight excluding hydrogens is 246 g/mol. The predicted octanol–water partition coefficient (Wildman–Crippen LogP) is 4.94. The second-order valence-electron chi connectivity index (χ2n) is 6.06. The molecule has 0 heterocycles. The average molecular weight is 269 g/mol. The minimum absolute atomic E-state index is 0.167. The Kier molecular flexibility index (Phi) is 4.03. The summed E-state index contributed by atoms with van der Waals surface area (Å²) in [5.41, 5.74) is 3.41. The molecular formula is C18H23NO. The Balaban J connectivity index is 2.26. The number of anilines is 2. The summed E-state index contributed by atoms with van der Waals surface area (Å²) in [6.07, 6.45) is 0. The van der Waals surface area contributed by atoms with E-state index in [1.54, 1.807) is 0 Å². The van der Waals surface area contributed by atoms with Crippen LogP contribution >= 0.6 is 0 Å². The summed E-state index contributed by atoms with van der Waals surface area (Å²) in [6.45, 7) is 8.30. The Labute approximate surface area is 122 Å². The second-order valence-corrected chi connectivity index (χ2v) is 6.06. The summed E-state index contributed by atoms with van der Waals surface area (Å²) in [7, 11) is 2.09. The molecule has 2 rings (SSSR count). The predicted molar refractivity (Wildman–Crippen MR) is 86.1 cm³/mol. The van der Waals surface area contributed by atoms with E-state index in [0.29, 0.717) is 0 Å². The van der Waals surface area contributed by atoms with Gasteiger partial charge in [0.05, 0.1) is 0 Å². The van der Waals surface area contributed by atoms with Crippen LogP contribution in [0.1, 0.15) is 26.3 Å². The first kappa shape index (κ1) is 14.4. The molecule has 0 saturated carbocycles. The lowest BCUT2D eigenvalue weighted by Gasteiger charge is -2.25. The van der Waals surface area contributed by atoms with Gasteiger partial charge in [-0.3, -0.25) is 0 Å². The molecule has 0 fully saturated rings. The minimum atomic E-state index is -0.167. The molecule has 106 valence electrons. The average Bonchev–Trinajstić information content (AvgIpc) is 2.37. The summed E-state index contributed by atoms with van der Waals surface area (Å²) >= 11 is 0. The number of rotatable bonds is 3. The highest BCUT2D eigenvalue weighted by atomic mass is 16.5. The van der Waals surface area contributed by atoms with E-state index < -0.39 is 0 Å². The van der Waals surface area contributed by atoms with Crippen molar-refractivity contribution >= 4 is 11.4 Å². The lowest BCUT2D eigenvalue weighted by molar-refractivity contribution is 0.131. The molecule has 2 heteroatoms. The monoisotopic (exact) mass is 269 g/mol. The number of hydrogen-bond acceptors (Lipinski definition) is 2. The highest BCUT2D eigenvalue weighted by Crippen LogP contribution is 2.30. The van der Waals surface area contributed by atoms with E-state index in [0.717, 1.165) is 5.75 Å². The smallest absolute Gasteiger partial charge is 0.120 e. The van der Waals surface area contributed by atoms with Gasteiger partial charge < -0.3 is 9.64 Å². The number of aryl methyl sites for hydroxylation is 1. The molecule has 20 heavy (non-hydrogen) atoms. The summed E-state index contributed by atoms with van der Waals surface area (Å²) in [5, 5.41) is 0. The molecule has 2 aromatic rings. The Bertz CT molecular complexity index is 570. The van der Waals surface area contributed by atoms with Gasteiger partial charge >= 0.3 is 0 Å². The van der Waals surface area contributed by atoms with Crippen LogP contribution in [-0.4, -0.2) is 12.6 Å². The Morgan fingerprint density at radius 2 is 1.60 bits per heavy atom. The molecule has 0 aliphatic heterocycles. The highest BCUT2D eigenvalue weighted by molar-refractivity contribution is 5.66. The van der Waals surface area contributed by atoms with Crippen molar-refractivity contribution in [1.29, 1.82) is 0 Å². The van der Waals surface area contributed by atoms with Crippen molar-refractivity contribution in [2.75, 3.05) is 11.9 Å². The van der Waals surface area contributed by atoms with Crippen LogP contribution in [0.15, 0.2) is 48.5 Å². The topological polar surface area (TPSA) is 12.5 Å². The Morgan fingerprint density at radius 3 is 2.15 bits per heavy atom. The van der Waals surface area contributed by atoms with Crippen molar-refractivity contribution in [3.63, 3.8) is 0 Å². The van der Waals surface area contributed by atoms with E-state index in [9.17, 15) is 0 Å². The molecule has 2 nitrogen and oxygen atoms in total. The molecule has 2 aromatic carbocycles. The van der Waals surface area contributed by atoms with Crippen molar-refractivity contribution in [1.82, 2.24) is 0 Å². The van der Waals surface area contributed by atoms with Crippen LogP contribution in [0.5, 0.6) is 5.75 Å². The number of para-hydroxylation sites is 1. The van der Waals surface area contributed by atoms with E-state index >= 15 is 0 Å². The van der Waals surface area contributed by atoms with Crippen LogP contribution < -0.4 is 9.64 Å². The van der Waals surface area contributed by atoms with E-state index in [-0.39, 0.29) is 5.60 Å². The fourth-order valence-electron chi connectivity index (χ4n) is 2.21. The second kappa shape index (κ2) is 5.58. The first-order valence-corrected chi connectivity index (χ1v) is 6.95. The van der Waals surface area contributed by atoms with E-state index in [2.05, 4.69) is 76.0 Å². The third-order valence-electron chi connectivity index (χ3n) is 3.10. The quantitative estimate of drug-likeness (QED) is 0.782. The van der Waals surface area contributed by atoms with Gasteiger partial charge in [-0.25, -0.2) is 0 Å². The van der Waals surface area contributed by atoms with Gasteiger partial charge in [0.25, 0.3) is 0 Å². The molecule has 0 N–H and O–H groups in total. The van der Waals surface area contributed by atoms with Crippen LogP contribution in [-0.2, 0) is 0 Å². The van der Waals surface area contributed by atoms with Crippen LogP contribution in [0.25, 0.3) is 0 Å². The molecule has 0 spiro atoms. The van der Waals surface area contributed by atoms with Crippen molar-refractivity contribution in [2.45, 2.75) is 33.3 Å². The van der Waals surface area contributed by atoms with Gasteiger partial charge in [0.15, 0.2) is 0 Å². The largest absolute Gasteiger partial charge is 0.488 e. The SMILES string of the molecule is Cc1cc(OC(C)(C)C)ccc1N(C)c1ccccc1. The minimum Gasteiger partial charge on any atom is -0.488 e. The fourth-order valence-corrected chi connectivity index (χ4v) is 2.21. The van der Waals surface area contributed by atoms with Crippen molar-refractivity contribution in [2.24, 2.45) is 0 Å². The summed E-state index contributed by atoms with van der Waals surface area (Å²) < 4.78 is 5.90. The molecule has 0 amide bonds. The summed E-state index contributed by atoms with van der Waals surface area (Å²) in [5.74, 6) is 0.917. The standard InChI is InChI=1S/C18H23NO/c1-14-13-16(20-18(2,3)4)11-12-17(14)19(5)15-9-7-6-8-10-15/h6-13H,1-5H3. The molecule has 0 aliphatic rings. The maximum Gasteiger partial charge on any atom is 0.120 e. The molecule has 0 unspecified atom stereocenters. The van der Waals surface area contributed by atoms with Gasteiger partial charge in [0, 0.05) is 18.4 Å². The van der Waals surface area contributed by atoms with Gasteiger partial charge in [-0.2, -0.15) is 0 Å². The first-order valence-electron chi connectivity index (χ1n) is 6.95. The van der Waals surface area contributed by atoms with Crippen LogP contribution in [0.4, 0.5) is 11.4 Å². The first-order chi connectivity index (χ1) is 9.37. The highest BCUT2D eigenvalue weighted by Gasteiger charge is 2.13. The zero-order chi connectivity index (χ0) is 14.8. The van der Waals surface area contributed by atoms with Crippen LogP contribution in [0, 0.1) is 6.92 Å². The molecule has 0 bridgehead atoms. The number of ether oxygens (including phenoxy) is 1. The van der Waals surface area contributed by atoms with Gasteiger partial charge in [0.1, 0.15) is 11.4 Å². The lowest BCUT2D eigenvalue weighted by Crippen LogP contribution is -2.23. The lowest BCUT2D eigenvalue weighted by atomic mass is 10.1. The molecule has 0 radical (unpaired) electrons. The van der Waals surface area contributed by atoms with Gasteiger partial charge in [-0.15, -0.1) is 0 Å². The zero-order valence-electron chi connectivity index (χ0n) is 13.0. The van der Waals surface area contributed by atoms with Crippen LogP contribution in [0.3, 0.4) is 0 Å². The number of benzene rings is 2. The molecule has 0 atom stereocenters. The maximum atomic E-state index is 5.90. The Hall–Kier alpha value is -1.96. The van der Waals surface area contributed by atoms with E-state index in [1.165, 1.54) is 16.9 Å². The van der Waals surface area contributed by atoms with Gasteiger partial charge in [-0.05, 0) is 63.6 Å². The Morgan fingerprint density at radius 1 is 0.950 bits per heavy atom. The summed E-state index contributed by atoms with van der Waals surface area (Å²) in [6, 6.07) is 16.6. The number of nitrogens with zero attached hydrogens (tertiary/aromatic N) is 1. The number of hydrogen-bond donors (Lipinski definition) is 0. The van der Waals surface area contributed by atoms with Crippen molar-refractivity contribution < 1.29 is 4.74 Å². The third kappa shape index (κ3) is 3.53. The zero-order valence-corrected chi connectivity index (χ0v) is 13.0. The molecule has 0 aliphatic carbocycles. The fraction of sp³-hybridized carbons (Fsp3) is 0.333. The third-order valence-corrected chi connectivity index (χ3v) is 3.10. The van der Waals surface area contributed by atoms with E-state index in [4.69, 9.17) is 4.74 Å². The summed E-state index contributed by atoms with van der Waals surface area (Å²) in [4.78, 5) is 2.19. The van der Waals surface area contributed by atoms with Gasteiger partial charge in [0.2, 0.25) is 0 Å². The van der Waals surface area contributed by atoms with Gasteiger partial charge in [-0.1, -0.05) is 18.2 Å². The van der Waals surface area contributed by atoms with Crippen LogP contribution in [0.2, 0.25) is 0 Å². The van der Waals surface area contributed by atoms with Crippen molar-refractivity contribution in [3.8, 4) is 5.75 Å². The molecule has 0 aromatic heterocycles. The molecule has 0 saturated heterocycles.